The van der Waals surface area contributed by atoms with Gasteiger partial charge >= 0.3 is 6.09 Å². The zero-order valence-corrected chi connectivity index (χ0v) is 20.7. The number of alkyl carbamates (subject to hydrolysis) is 1. The van der Waals surface area contributed by atoms with Crippen LogP contribution in [0.15, 0.2) is 18.2 Å². The minimum absolute atomic E-state index is 0.0667. The summed E-state index contributed by atoms with van der Waals surface area (Å²) in [6.45, 7) is 5.20. The number of aliphatic hydroxyl groups excluding tert-OH is 1. The van der Waals surface area contributed by atoms with Gasteiger partial charge < -0.3 is 25.4 Å². The van der Waals surface area contributed by atoms with Crippen LogP contribution < -0.4 is 10.6 Å². The van der Waals surface area contributed by atoms with Crippen LogP contribution in [0, 0.1) is 5.82 Å². The summed E-state index contributed by atoms with van der Waals surface area (Å²) < 4.78 is 19.0. The maximum absolute atomic E-state index is 13.7. The Kier molecular flexibility index (Phi) is 7.35. The smallest absolute Gasteiger partial charge is 0.408 e. The number of halogens is 1. The van der Waals surface area contributed by atoms with Gasteiger partial charge in [-0.3, -0.25) is 9.59 Å². The maximum Gasteiger partial charge on any atom is 0.408 e. The molecule has 1 aliphatic carbocycles. The summed E-state index contributed by atoms with van der Waals surface area (Å²) in [6.07, 6.45) is 3.23. The van der Waals surface area contributed by atoms with E-state index >= 15 is 0 Å². The van der Waals surface area contributed by atoms with Gasteiger partial charge in [0.1, 0.15) is 23.5 Å². The van der Waals surface area contributed by atoms with Crippen molar-refractivity contribution in [1.82, 2.24) is 15.5 Å². The zero-order chi connectivity index (χ0) is 25.3. The van der Waals surface area contributed by atoms with Crippen molar-refractivity contribution in [1.29, 1.82) is 0 Å². The number of hydrogen-bond donors (Lipinski definition) is 3. The number of amides is 3. The van der Waals surface area contributed by atoms with Gasteiger partial charge in [-0.15, -0.1) is 0 Å². The molecule has 1 aromatic carbocycles. The lowest BCUT2D eigenvalue weighted by molar-refractivity contribution is -0.144. The number of nitrogens with one attached hydrogen (secondary N) is 2. The Hall–Kier alpha value is -2.68. The third-order valence-corrected chi connectivity index (χ3v) is 7.13. The summed E-state index contributed by atoms with van der Waals surface area (Å²) in [5.74, 6) is -0.894. The van der Waals surface area contributed by atoms with Crippen LogP contribution in [0.25, 0.3) is 0 Å². The predicted octanol–water partition coefficient (Wildman–Crippen LogP) is 3.12. The van der Waals surface area contributed by atoms with Crippen molar-refractivity contribution in [3.05, 3.63) is 35.1 Å². The van der Waals surface area contributed by atoms with Crippen LogP contribution in [0.2, 0.25) is 0 Å². The number of ether oxygens (including phenoxy) is 1. The van der Waals surface area contributed by atoms with Gasteiger partial charge in [0, 0.05) is 12.5 Å². The van der Waals surface area contributed by atoms with E-state index in [2.05, 4.69) is 10.6 Å². The molecule has 3 amide bonds. The van der Waals surface area contributed by atoms with E-state index in [1.165, 1.54) is 12.1 Å². The molecule has 0 spiro atoms. The van der Waals surface area contributed by atoms with E-state index in [-0.39, 0.29) is 36.1 Å². The van der Waals surface area contributed by atoms with Crippen molar-refractivity contribution >= 4 is 17.9 Å². The van der Waals surface area contributed by atoms with Gasteiger partial charge in [-0.25, -0.2) is 9.18 Å². The van der Waals surface area contributed by atoms with Crippen LogP contribution in [0.1, 0.15) is 82.9 Å². The van der Waals surface area contributed by atoms with Crippen molar-refractivity contribution in [3.8, 4) is 0 Å². The van der Waals surface area contributed by atoms with E-state index in [9.17, 15) is 23.9 Å². The second-order valence-electron chi connectivity index (χ2n) is 11.0. The first kappa shape index (κ1) is 25.4. The van der Waals surface area contributed by atoms with Gasteiger partial charge in [-0.2, -0.15) is 0 Å². The highest BCUT2D eigenvalue weighted by Crippen LogP contribution is 2.34. The molecule has 9 heteroatoms. The molecule has 5 atom stereocenters. The first-order valence-corrected chi connectivity index (χ1v) is 12.6. The van der Waals surface area contributed by atoms with E-state index in [1.807, 2.05) is 0 Å². The molecule has 0 aromatic heterocycles. The van der Waals surface area contributed by atoms with Crippen molar-refractivity contribution < 1.29 is 28.6 Å². The van der Waals surface area contributed by atoms with Crippen molar-refractivity contribution in [2.24, 2.45) is 0 Å². The Labute approximate surface area is 205 Å². The average Bonchev–Trinajstić information content (AvgIpc) is 3.18. The van der Waals surface area contributed by atoms with Crippen molar-refractivity contribution in [2.75, 3.05) is 0 Å². The lowest BCUT2D eigenvalue weighted by Gasteiger charge is -2.37. The lowest BCUT2D eigenvalue weighted by Crippen LogP contribution is -2.58. The standard InChI is InChI=1S/C26H36FN3O5/c1-26(2,3)35-25(34)29-21-14-18(31)10-8-17-9-12-22(30(17)24(21)33)23(32)28-20-6-4-5-15-13-16(27)7-11-19(15)20/h7,11,13,17-18,20-22,31H,4-6,8-10,12,14H2,1-3H3,(H,28,32)(H,29,34)/t17-,18?,20+,21-,22-/m0/s1. The zero-order valence-electron chi connectivity index (χ0n) is 20.7. The molecule has 0 radical (unpaired) electrons. The number of rotatable bonds is 3. The quantitative estimate of drug-likeness (QED) is 0.605. The molecule has 3 N–H and O–H groups in total. The van der Waals surface area contributed by atoms with Crippen LogP contribution in [0.3, 0.4) is 0 Å². The highest BCUT2D eigenvalue weighted by atomic mass is 19.1. The van der Waals surface area contributed by atoms with Crippen LogP contribution >= 0.6 is 0 Å². The molecule has 2 heterocycles. The molecule has 3 aliphatic rings. The minimum Gasteiger partial charge on any atom is -0.444 e. The van der Waals surface area contributed by atoms with Crippen LogP contribution in [0.5, 0.6) is 0 Å². The molecule has 0 bridgehead atoms. The summed E-state index contributed by atoms with van der Waals surface area (Å²) in [7, 11) is 0. The van der Waals surface area contributed by atoms with E-state index in [0.717, 1.165) is 30.4 Å². The van der Waals surface area contributed by atoms with Gasteiger partial charge in [0.05, 0.1) is 12.1 Å². The van der Waals surface area contributed by atoms with Gasteiger partial charge in [0.2, 0.25) is 11.8 Å². The number of carbonyl (C=O) groups is 3. The molecule has 8 nitrogen and oxygen atoms in total. The summed E-state index contributed by atoms with van der Waals surface area (Å²) >= 11 is 0. The highest BCUT2D eigenvalue weighted by Gasteiger charge is 2.45. The number of benzene rings is 1. The second kappa shape index (κ2) is 10.1. The largest absolute Gasteiger partial charge is 0.444 e. The van der Waals surface area contributed by atoms with Gasteiger partial charge in [0.15, 0.2) is 0 Å². The molecule has 2 saturated heterocycles. The molecule has 35 heavy (non-hydrogen) atoms. The van der Waals surface area contributed by atoms with Gasteiger partial charge in [0.25, 0.3) is 0 Å². The van der Waals surface area contributed by atoms with Crippen LogP contribution in [-0.2, 0) is 20.7 Å². The molecule has 4 rings (SSSR count). The Bertz CT molecular complexity index is 978. The number of carbonyl (C=O) groups excluding carboxylic acids is 3. The molecule has 0 saturated carbocycles. The van der Waals surface area contributed by atoms with E-state index in [0.29, 0.717) is 25.7 Å². The summed E-state index contributed by atoms with van der Waals surface area (Å²) in [6, 6.07) is 2.63. The Morgan fingerprint density at radius 1 is 1.09 bits per heavy atom. The van der Waals surface area contributed by atoms with E-state index in [1.54, 1.807) is 31.7 Å². The third kappa shape index (κ3) is 5.94. The monoisotopic (exact) mass is 489 g/mol. The van der Waals surface area contributed by atoms with Crippen molar-refractivity contribution in [2.45, 2.75) is 108 Å². The molecule has 2 fully saturated rings. The minimum atomic E-state index is -0.977. The fourth-order valence-electron chi connectivity index (χ4n) is 5.58. The number of aliphatic hydroxyl groups is 1. The number of nitrogens with zero attached hydrogens (tertiary/aromatic N) is 1. The maximum atomic E-state index is 13.7. The highest BCUT2D eigenvalue weighted by molar-refractivity contribution is 5.92. The number of hydrogen-bond acceptors (Lipinski definition) is 5. The first-order chi connectivity index (χ1) is 16.5. The summed E-state index contributed by atoms with van der Waals surface area (Å²) in [5, 5.41) is 16.1. The third-order valence-electron chi connectivity index (χ3n) is 7.13. The van der Waals surface area contributed by atoms with Gasteiger partial charge in [-0.1, -0.05) is 6.07 Å². The van der Waals surface area contributed by atoms with E-state index < -0.39 is 29.9 Å². The fraction of sp³-hybridized carbons (Fsp3) is 0.654. The molecule has 2 aliphatic heterocycles. The fourth-order valence-corrected chi connectivity index (χ4v) is 5.58. The second-order valence-corrected chi connectivity index (χ2v) is 11.0. The van der Waals surface area contributed by atoms with Crippen LogP contribution in [0.4, 0.5) is 9.18 Å². The topological polar surface area (TPSA) is 108 Å². The predicted molar refractivity (Wildman–Crippen MR) is 127 cm³/mol. The Morgan fingerprint density at radius 2 is 1.83 bits per heavy atom. The Morgan fingerprint density at radius 3 is 2.57 bits per heavy atom. The molecular weight excluding hydrogens is 453 g/mol. The number of fused-ring (bicyclic) bond motifs is 2. The molecule has 1 unspecified atom stereocenters. The summed E-state index contributed by atoms with van der Waals surface area (Å²) in [4.78, 5) is 41.0. The van der Waals surface area contributed by atoms with Crippen molar-refractivity contribution in [3.63, 3.8) is 0 Å². The summed E-state index contributed by atoms with van der Waals surface area (Å²) in [5.41, 5.74) is 1.10. The number of aryl methyl sites for hydroxylation is 1. The lowest BCUT2D eigenvalue weighted by atomic mass is 9.87. The van der Waals surface area contributed by atoms with Gasteiger partial charge in [-0.05, 0) is 89.0 Å². The SMILES string of the molecule is CC(C)(C)OC(=O)N[C@H]1CC(O)CC[C@H]2CC[C@@H](C(=O)N[C@@H]3CCCc4cc(F)ccc43)N2C1=O. The molecular formula is C26H36FN3O5. The van der Waals surface area contributed by atoms with Crippen LogP contribution in [-0.4, -0.2) is 57.7 Å². The Balaban J connectivity index is 1.50. The van der Waals surface area contributed by atoms with E-state index in [4.69, 9.17) is 4.74 Å². The average molecular weight is 490 g/mol. The first-order valence-electron chi connectivity index (χ1n) is 12.6. The molecule has 192 valence electrons. The molecule has 1 aromatic rings. The normalized spacial score (nSPS) is 28.9.